The van der Waals surface area contributed by atoms with Crippen LogP contribution in [0, 0.1) is 5.92 Å². The number of hydrogen-bond donors (Lipinski definition) is 1. The summed E-state index contributed by atoms with van der Waals surface area (Å²) in [5, 5.41) is 11.5. The van der Waals surface area contributed by atoms with E-state index in [0.29, 0.717) is 5.13 Å². The molecule has 6 heteroatoms. The molecule has 1 atom stereocenters. The van der Waals surface area contributed by atoms with Crippen molar-refractivity contribution in [1.82, 2.24) is 10.2 Å². The van der Waals surface area contributed by atoms with Crippen molar-refractivity contribution in [2.24, 2.45) is 5.92 Å². The van der Waals surface area contributed by atoms with Crippen LogP contribution in [-0.2, 0) is 4.79 Å². The molecule has 0 radical (unpaired) electrons. The second-order valence-electron chi connectivity index (χ2n) is 4.04. The summed E-state index contributed by atoms with van der Waals surface area (Å²) in [6.07, 6.45) is 4.05. The van der Waals surface area contributed by atoms with Crippen molar-refractivity contribution < 1.29 is 4.79 Å². The van der Waals surface area contributed by atoms with Crippen LogP contribution in [0.2, 0.25) is 0 Å². The summed E-state index contributed by atoms with van der Waals surface area (Å²) < 4.78 is 0.911. The number of anilines is 1. The van der Waals surface area contributed by atoms with Crippen LogP contribution in [-0.4, -0.2) is 21.9 Å². The van der Waals surface area contributed by atoms with Gasteiger partial charge in [0, 0.05) is 5.92 Å². The quantitative estimate of drug-likeness (QED) is 0.583. The van der Waals surface area contributed by atoms with Crippen molar-refractivity contribution in [2.75, 3.05) is 11.1 Å². The van der Waals surface area contributed by atoms with Crippen molar-refractivity contribution >= 4 is 34.1 Å². The molecule has 0 saturated heterocycles. The minimum absolute atomic E-state index is 0.0788. The fourth-order valence-electron chi connectivity index (χ4n) is 1.62. The van der Waals surface area contributed by atoms with Gasteiger partial charge in [-0.15, -0.1) is 10.2 Å². The number of carbonyl (C=O) groups is 1. The molecule has 1 aromatic rings. The molecule has 0 saturated carbocycles. The molecule has 0 aliphatic heterocycles. The van der Waals surface area contributed by atoms with Gasteiger partial charge in [-0.1, -0.05) is 56.7 Å². The normalized spacial score (nSPS) is 12.4. The molecule has 0 fully saturated rings. The van der Waals surface area contributed by atoms with Gasteiger partial charge in [0.05, 0.1) is 0 Å². The molecule has 0 bridgehead atoms. The van der Waals surface area contributed by atoms with Gasteiger partial charge in [0.2, 0.25) is 11.0 Å². The van der Waals surface area contributed by atoms with Crippen molar-refractivity contribution in [2.45, 2.75) is 50.8 Å². The van der Waals surface area contributed by atoms with E-state index >= 15 is 0 Å². The average Bonchev–Trinajstić information content (AvgIpc) is 2.78. The molecule has 4 nitrogen and oxygen atoms in total. The van der Waals surface area contributed by atoms with Crippen molar-refractivity contribution in [1.29, 1.82) is 0 Å². The Morgan fingerprint density at radius 3 is 2.78 bits per heavy atom. The highest BCUT2D eigenvalue weighted by molar-refractivity contribution is 8.01. The predicted octanol–water partition coefficient (Wildman–Crippen LogP) is 3.81. The third-order valence-electron chi connectivity index (χ3n) is 2.67. The maximum Gasteiger partial charge on any atom is 0.229 e. The van der Waals surface area contributed by atoms with E-state index in [0.717, 1.165) is 35.8 Å². The minimum Gasteiger partial charge on any atom is -0.300 e. The highest BCUT2D eigenvalue weighted by Crippen LogP contribution is 2.25. The average molecular weight is 287 g/mol. The lowest BCUT2D eigenvalue weighted by molar-refractivity contribution is -0.120. The van der Waals surface area contributed by atoms with Crippen molar-refractivity contribution in [3.8, 4) is 0 Å². The SMILES string of the molecule is CCCCC(CC)C(=O)Nc1nnc(SCC)s1. The Morgan fingerprint density at radius 2 is 2.17 bits per heavy atom. The van der Waals surface area contributed by atoms with Gasteiger partial charge in [-0.25, -0.2) is 0 Å². The fourth-order valence-corrected chi connectivity index (χ4v) is 3.27. The number of carbonyl (C=O) groups excluding carboxylic acids is 1. The highest BCUT2D eigenvalue weighted by atomic mass is 32.2. The number of unbranched alkanes of at least 4 members (excludes halogenated alkanes) is 1. The molecule has 1 amide bonds. The first kappa shape index (κ1) is 15.4. The van der Waals surface area contributed by atoms with Crippen LogP contribution in [0.4, 0.5) is 5.13 Å². The Bertz CT molecular complexity index is 368. The molecule has 102 valence electrons. The van der Waals surface area contributed by atoms with E-state index in [1.54, 1.807) is 11.8 Å². The highest BCUT2D eigenvalue weighted by Gasteiger charge is 2.17. The van der Waals surface area contributed by atoms with E-state index < -0.39 is 0 Å². The Labute approximate surface area is 117 Å². The lowest BCUT2D eigenvalue weighted by atomic mass is 9.99. The molecular weight excluding hydrogens is 266 g/mol. The number of rotatable bonds is 8. The molecule has 1 unspecified atom stereocenters. The number of thioether (sulfide) groups is 1. The van der Waals surface area contributed by atoms with Gasteiger partial charge in [-0.3, -0.25) is 4.79 Å². The number of hydrogen-bond acceptors (Lipinski definition) is 5. The van der Waals surface area contributed by atoms with Gasteiger partial charge >= 0.3 is 0 Å². The zero-order valence-electron chi connectivity index (χ0n) is 11.2. The van der Waals surface area contributed by atoms with Crippen molar-refractivity contribution in [3.63, 3.8) is 0 Å². The molecule has 0 spiro atoms. The summed E-state index contributed by atoms with van der Waals surface area (Å²) in [5.74, 6) is 1.14. The molecule has 0 aliphatic rings. The zero-order valence-corrected chi connectivity index (χ0v) is 12.9. The summed E-state index contributed by atoms with van der Waals surface area (Å²) in [6.45, 7) is 6.27. The Balaban J connectivity index is 2.50. The third kappa shape index (κ3) is 4.94. The first-order valence-corrected chi connectivity index (χ1v) is 8.28. The number of nitrogens with one attached hydrogen (secondary N) is 1. The Morgan fingerprint density at radius 1 is 1.39 bits per heavy atom. The lowest BCUT2D eigenvalue weighted by Crippen LogP contribution is -2.22. The number of aromatic nitrogens is 2. The largest absolute Gasteiger partial charge is 0.300 e. The van der Waals surface area contributed by atoms with Gasteiger partial charge in [-0.05, 0) is 18.6 Å². The Kier molecular flexibility index (Phi) is 7.27. The summed E-state index contributed by atoms with van der Waals surface area (Å²) in [7, 11) is 0. The second-order valence-corrected chi connectivity index (χ2v) is 6.53. The van der Waals surface area contributed by atoms with Crippen LogP contribution in [0.5, 0.6) is 0 Å². The van der Waals surface area contributed by atoms with Crippen LogP contribution in [0.3, 0.4) is 0 Å². The standard InChI is InChI=1S/C12H21N3OS2/c1-4-7-8-9(5-2)10(16)13-11-14-15-12(18-11)17-6-3/h9H,4-8H2,1-3H3,(H,13,14,16). The molecule has 18 heavy (non-hydrogen) atoms. The van der Waals surface area contributed by atoms with Crippen LogP contribution < -0.4 is 5.32 Å². The summed E-state index contributed by atoms with van der Waals surface area (Å²) in [6, 6.07) is 0. The second kappa shape index (κ2) is 8.48. The van der Waals surface area contributed by atoms with Crippen LogP contribution >= 0.6 is 23.1 Å². The van der Waals surface area contributed by atoms with E-state index in [9.17, 15) is 4.79 Å². The number of amides is 1. The topological polar surface area (TPSA) is 54.9 Å². The van der Waals surface area contributed by atoms with E-state index in [-0.39, 0.29) is 11.8 Å². The van der Waals surface area contributed by atoms with E-state index in [1.807, 2.05) is 0 Å². The number of nitrogens with zero attached hydrogens (tertiary/aromatic N) is 2. The van der Waals surface area contributed by atoms with Gasteiger partial charge in [0.15, 0.2) is 4.34 Å². The smallest absolute Gasteiger partial charge is 0.229 e. The predicted molar refractivity (Wildman–Crippen MR) is 78.2 cm³/mol. The van der Waals surface area contributed by atoms with E-state index in [4.69, 9.17) is 0 Å². The fraction of sp³-hybridized carbons (Fsp3) is 0.750. The van der Waals surface area contributed by atoms with Gasteiger partial charge in [0.25, 0.3) is 0 Å². The van der Waals surface area contributed by atoms with Gasteiger partial charge in [-0.2, -0.15) is 0 Å². The first-order chi connectivity index (χ1) is 8.71. The van der Waals surface area contributed by atoms with Crippen molar-refractivity contribution in [3.05, 3.63) is 0 Å². The van der Waals surface area contributed by atoms with Gasteiger partial charge < -0.3 is 5.32 Å². The van der Waals surface area contributed by atoms with Crippen LogP contribution in [0.25, 0.3) is 0 Å². The third-order valence-corrected chi connectivity index (χ3v) is 4.53. The van der Waals surface area contributed by atoms with Gasteiger partial charge in [0.1, 0.15) is 0 Å². The monoisotopic (exact) mass is 287 g/mol. The molecule has 1 heterocycles. The zero-order chi connectivity index (χ0) is 13.4. The first-order valence-electron chi connectivity index (χ1n) is 6.48. The van der Waals surface area contributed by atoms with E-state index in [1.165, 1.54) is 11.3 Å². The molecule has 1 aromatic heterocycles. The molecular formula is C12H21N3OS2. The summed E-state index contributed by atoms with van der Waals surface area (Å²) in [5.41, 5.74) is 0. The molecule has 1 N–H and O–H groups in total. The minimum atomic E-state index is 0.0788. The molecule has 1 rings (SSSR count). The molecule has 0 aromatic carbocycles. The molecule has 0 aliphatic carbocycles. The summed E-state index contributed by atoms with van der Waals surface area (Å²) >= 11 is 3.09. The summed E-state index contributed by atoms with van der Waals surface area (Å²) in [4.78, 5) is 12.0. The van der Waals surface area contributed by atoms with Crippen LogP contribution in [0.15, 0.2) is 4.34 Å². The Hall–Kier alpha value is -0.620. The lowest BCUT2D eigenvalue weighted by Gasteiger charge is -2.12. The van der Waals surface area contributed by atoms with Crippen LogP contribution in [0.1, 0.15) is 46.5 Å². The maximum atomic E-state index is 12.0. The maximum absolute atomic E-state index is 12.0. The van der Waals surface area contributed by atoms with E-state index in [2.05, 4.69) is 36.3 Å².